The third-order valence-corrected chi connectivity index (χ3v) is 3.72. The smallest absolute Gasteiger partial charge is 0.337 e. The van der Waals surface area contributed by atoms with Crippen LogP contribution in [0.25, 0.3) is 0 Å². The van der Waals surface area contributed by atoms with Crippen LogP contribution in [0.5, 0.6) is 5.75 Å². The summed E-state index contributed by atoms with van der Waals surface area (Å²) in [6.45, 7) is 3.61. The Balaban J connectivity index is 2.11. The molecular formula is C19H20ClFN2O4. The molecule has 1 amide bonds. The summed E-state index contributed by atoms with van der Waals surface area (Å²) in [6, 6.07) is 8.43. The van der Waals surface area contributed by atoms with E-state index in [9.17, 15) is 14.0 Å². The number of amides is 1. The molecular weight excluding hydrogens is 375 g/mol. The van der Waals surface area contributed by atoms with Crippen molar-refractivity contribution in [2.75, 3.05) is 24.3 Å². The molecule has 0 spiro atoms. The van der Waals surface area contributed by atoms with Crippen LogP contribution in [0.15, 0.2) is 36.4 Å². The maximum absolute atomic E-state index is 13.1. The number of methoxy groups -OCH3 is 1. The second-order valence-electron chi connectivity index (χ2n) is 5.90. The number of anilines is 2. The van der Waals surface area contributed by atoms with Crippen molar-refractivity contribution in [3.63, 3.8) is 0 Å². The number of hydrogen-bond acceptors (Lipinski definition) is 5. The highest BCUT2D eigenvalue weighted by atomic mass is 35.5. The molecule has 2 aromatic carbocycles. The second-order valence-corrected chi connectivity index (χ2v) is 6.30. The van der Waals surface area contributed by atoms with Crippen LogP contribution in [-0.4, -0.2) is 31.6 Å². The fourth-order valence-corrected chi connectivity index (χ4v) is 2.44. The van der Waals surface area contributed by atoms with Gasteiger partial charge in [-0.1, -0.05) is 11.6 Å². The molecule has 0 unspecified atom stereocenters. The molecule has 0 aliphatic carbocycles. The third kappa shape index (κ3) is 5.86. The van der Waals surface area contributed by atoms with Crippen LogP contribution in [0.3, 0.4) is 0 Å². The molecule has 0 fully saturated rings. The quantitative estimate of drug-likeness (QED) is 0.691. The van der Waals surface area contributed by atoms with Crippen molar-refractivity contribution >= 4 is 34.9 Å². The number of carbonyl (C=O) groups is 2. The van der Waals surface area contributed by atoms with Gasteiger partial charge in [-0.2, -0.15) is 0 Å². The predicted molar refractivity (Wildman–Crippen MR) is 102 cm³/mol. The van der Waals surface area contributed by atoms with E-state index in [1.165, 1.54) is 19.2 Å². The number of carbonyl (C=O) groups excluding carboxylic acids is 2. The normalized spacial score (nSPS) is 10.4. The van der Waals surface area contributed by atoms with E-state index in [0.29, 0.717) is 22.7 Å². The first kappa shape index (κ1) is 20.5. The Morgan fingerprint density at radius 1 is 1.15 bits per heavy atom. The average molecular weight is 395 g/mol. The van der Waals surface area contributed by atoms with Gasteiger partial charge in [0.25, 0.3) is 0 Å². The molecule has 6 nitrogen and oxygen atoms in total. The van der Waals surface area contributed by atoms with E-state index in [4.69, 9.17) is 21.1 Å². The first-order valence-corrected chi connectivity index (χ1v) is 8.55. The van der Waals surface area contributed by atoms with E-state index in [2.05, 4.69) is 10.6 Å². The lowest BCUT2D eigenvalue weighted by atomic mass is 10.2. The Labute approximate surface area is 161 Å². The Kier molecular flexibility index (Phi) is 7.01. The van der Waals surface area contributed by atoms with Crippen molar-refractivity contribution < 1.29 is 23.5 Å². The fourth-order valence-electron chi connectivity index (χ4n) is 2.23. The van der Waals surface area contributed by atoms with Gasteiger partial charge in [0.2, 0.25) is 5.91 Å². The number of benzene rings is 2. The van der Waals surface area contributed by atoms with Gasteiger partial charge in [0.15, 0.2) is 0 Å². The highest BCUT2D eigenvalue weighted by Gasteiger charge is 2.13. The molecule has 27 heavy (non-hydrogen) atoms. The summed E-state index contributed by atoms with van der Waals surface area (Å²) in [6.07, 6.45) is -0.0959. The van der Waals surface area contributed by atoms with Gasteiger partial charge in [-0.3, -0.25) is 4.79 Å². The van der Waals surface area contributed by atoms with Crippen LogP contribution < -0.4 is 15.4 Å². The number of nitrogens with one attached hydrogen (secondary N) is 2. The highest BCUT2D eigenvalue weighted by molar-refractivity contribution is 6.33. The van der Waals surface area contributed by atoms with Crippen LogP contribution >= 0.6 is 11.6 Å². The van der Waals surface area contributed by atoms with E-state index in [1.54, 1.807) is 18.2 Å². The Morgan fingerprint density at radius 3 is 2.52 bits per heavy atom. The van der Waals surface area contributed by atoms with E-state index < -0.39 is 17.7 Å². The van der Waals surface area contributed by atoms with Gasteiger partial charge in [0, 0.05) is 0 Å². The van der Waals surface area contributed by atoms with E-state index in [1.807, 2.05) is 13.8 Å². The van der Waals surface area contributed by atoms with E-state index in [-0.39, 0.29) is 17.7 Å². The summed E-state index contributed by atoms with van der Waals surface area (Å²) < 4.78 is 23.5. The molecule has 0 aliphatic rings. The zero-order valence-corrected chi connectivity index (χ0v) is 15.9. The van der Waals surface area contributed by atoms with Gasteiger partial charge in [-0.15, -0.1) is 0 Å². The summed E-state index contributed by atoms with van der Waals surface area (Å²) in [5, 5.41) is 5.61. The van der Waals surface area contributed by atoms with Crippen molar-refractivity contribution in [2.24, 2.45) is 0 Å². The maximum Gasteiger partial charge on any atom is 0.337 e. The first-order valence-electron chi connectivity index (χ1n) is 8.18. The van der Waals surface area contributed by atoms with Crippen LogP contribution in [-0.2, 0) is 9.53 Å². The molecule has 0 aromatic heterocycles. The summed E-state index contributed by atoms with van der Waals surface area (Å²) in [5.74, 6) is -0.907. The number of esters is 1. The zero-order chi connectivity index (χ0) is 20.0. The molecule has 144 valence electrons. The predicted octanol–water partition coefficient (Wildman–Crippen LogP) is 4.10. The van der Waals surface area contributed by atoms with Gasteiger partial charge < -0.3 is 20.1 Å². The lowest BCUT2D eigenvalue weighted by Crippen LogP contribution is -2.22. The summed E-state index contributed by atoms with van der Waals surface area (Å²) in [7, 11) is 1.29. The van der Waals surface area contributed by atoms with Crippen LogP contribution in [0.2, 0.25) is 5.02 Å². The van der Waals surface area contributed by atoms with E-state index >= 15 is 0 Å². The summed E-state index contributed by atoms with van der Waals surface area (Å²) >= 11 is 5.90. The van der Waals surface area contributed by atoms with Crippen molar-refractivity contribution in [3.8, 4) is 5.75 Å². The molecule has 0 aliphatic heterocycles. The first-order chi connectivity index (χ1) is 12.8. The number of hydrogen-bond donors (Lipinski definition) is 2. The highest BCUT2D eigenvalue weighted by Crippen LogP contribution is 2.27. The van der Waals surface area contributed by atoms with Crippen molar-refractivity contribution in [1.82, 2.24) is 0 Å². The van der Waals surface area contributed by atoms with Crippen LogP contribution in [0.1, 0.15) is 24.2 Å². The molecule has 0 saturated heterocycles. The van der Waals surface area contributed by atoms with Gasteiger partial charge in [-0.25, -0.2) is 9.18 Å². The molecule has 2 rings (SSSR count). The van der Waals surface area contributed by atoms with E-state index in [0.717, 1.165) is 6.07 Å². The SMILES string of the molecule is COC(=O)c1ccc(OC(C)C)c(NCC(=O)Nc2ccc(F)cc2Cl)c1. The topological polar surface area (TPSA) is 76.7 Å². The van der Waals surface area contributed by atoms with Crippen molar-refractivity contribution in [2.45, 2.75) is 20.0 Å². The number of halogens is 2. The molecule has 0 heterocycles. The Morgan fingerprint density at radius 2 is 1.89 bits per heavy atom. The lowest BCUT2D eigenvalue weighted by molar-refractivity contribution is -0.114. The number of ether oxygens (including phenoxy) is 2. The van der Waals surface area contributed by atoms with Gasteiger partial charge in [0.05, 0.1) is 41.7 Å². The third-order valence-electron chi connectivity index (χ3n) is 3.41. The largest absolute Gasteiger partial charge is 0.489 e. The summed E-state index contributed by atoms with van der Waals surface area (Å²) in [5.41, 5.74) is 1.08. The number of rotatable bonds is 7. The fraction of sp³-hybridized carbons (Fsp3) is 0.263. The molecule has 8 heteroatoms. The van der Waals surface area contributed by atoms with Gasteiger partial charge >= 0.3 is 5.97 Å². The molecule has 2 aromatic rings. The molecule has 0 bridgehead atoms. The van der Waals surface area contributed by atoms with Crippen LogP contribution in [0.4, 0.5) is 15.8 Å². The van der Waals surface area contributed by atoms with Crippen molar-refractivity contribution in [1.29, 1.82) is 0 Å². The standard InChI is InChI=1S/C19H20ClFN2O4/c1-11(2)27-17-7-4-12(19(25)26-3)8-16(17)22-10-18(24)23-15-6-5-13(21)9-14(15)20/h4-9,11,22H,10H2,1-3H3,(H,23,24). The van der Waals surface area contributed by atoms with Crippen LogP contribution in [0, 0.1) is 5.82 Å². The lowest BCUT2D eigenvalue weighted by Gasteiger charge is -2.16. The maximum atomic E-state index is 13.1. The molecule has 0 radical (unpaired) electrons. The van der Waals surface area contributed by atoms with Gasteiger partial charge in [0.1, 0.15) is 11.6 Å². The van der Waals surface area contributed by atoms with Crippen molar-refractivity contribution in [3.05, 3.63) is 52.8 Å². The molecule has 2 N–H and O–H groups in total. The minimum absolute atomic E-state index is 0.0959. The zero-order valence-electron chi connectivity index (χ0n) is 15.1. The Bertz CT molecular complexity index is 842. The molecule has 0 atom stereocenters. The second kappa shape index (κ2) is 9.23. The monoisotopic (exact) mass is 394 g/mol. The average Bonchev–Trinajstić information content (AvgIpc) is 2.62. The minimum Gasteiger partial charge on any atom is -0.489 e. The Hall–Kier alpha value is -2.80. The molecule has 0 saturated carbocycles. The summed E-state index contributed by atoms with van der Waals surface area (Å²) in [4.78, 5) is 23.9. The minimum atomic E-state index is -0.503. The van der Waals surface area contributed by atoms with Gasteiger partial charge in [-0.05, 0) is 50.2 Å².